The van der Waals surface area contributed by atoms with Crippen LogP contribution in [0.2, 0.25) is 0 Å². The number of ether oxygens (including phenoxy) is 2. The summed E-state index contributed by atoms with van der Waals surface area (Å²) in [4.78, 5) is 19.6. The summed E-state index contributed by atoms with van der Waals surface area (Å²) in [5, 5.41) is 0. The molecule has 3 aromatic rings. The van der Waals surface area contributed by atoms with E-state index in [9.17, 15) is 18.0 Å². The summed E-state index contributed by atoms with van der Waals surface area (Å²) in [5.41, 5.74) is 3.28. The van der Waals surface area contributed by atoms with Gasteiger partial charge in [0.1, 0.15) is 11.9 Å². The van der Waals surface area contributed by atoms with E-state index >= 15 is 0 Å². The molecule has 0 radical (unpaired) electrons. The number of carbonyl (C=O) groups is 1. The van der Waals surface area contributed by atoms with Crippen molar-refractivity contribution in [1.29, 1.82) is 0 Å². The van der Waals surface area contributed by atoms with Gasteiger partial charge in [0, 0.05) is 12.1 Å². The van der Waals surface area contributed by atoms with Crippen molar-refractivity contribution in [2.75, 3.05) is 7.11 Å². The van der Waals surface area contributed by atoms with Gasteiger partial charge in [-0.25, -0.2) is 18.2 Å². The van der Waals surface area contributed by atoms with E-state index in [1.165, 1.54) is 0 Å². The first kappa shape index (κ1) is 24.3. The molecule has 1 saturated carbocycles. The molecule has 1 aromatic heterocycles. The van der Waals surface area contributed by atoms with Crippen LogP contribution in [-0.2, 0) is 9.53 Å². The van der Waals surface area contributed by atoms with Crippen LogP contribution in [0.3, 0.4) is 0 Å². The second-order valence-corrected chi connectivity index (χ2v) is 9.93. The monoisotopic (exact) mass is 521 g/mol. The number of halogens is 3. The Morgan fingerprint density at radius 3 is 2.53 bits per heavy atom. The molecule has 0 unspecified atom stereocenters. The largest absolute Gasteiger partial charge is 0.495 e. The Kier molecular flexibility index (Phi) is 6.01. The quantitative estimate of drug-likeness (QED) is 0.305. The van der Waals surface area contributed by atoms with Crippen molar-refractivity contribution in [3.05, 3.63) is 94.7 Å². The summed E-state index contributed by atoms with van der Waals surface area (Å²) < 4.78 is 55.7. The third-order valence-electron chi connectivity index (χ3n) is 7.29. The van der Waals surface area contributed by atoms with Crippen LogP contribution in [0.1, 0.15) is 48.5 Å². The normalized spacial score (nSPS) is 22.2. The molecular formula is C29H26F3N3O3. The van der Waals surface area contributed by atoms with Crippen molar-refractivity contribution < 1.29 is 27.4 Å². The molecular weight excluding hydrogens is 495 g/mol. The minimum atomic E-state index is -1.52. The number of rotatable bonds is 5. The van der Waals surface area contributed by atoms with E-state index in [1.54, 1.807) is 24.4 Å². The maximum absolute atomic E-state index is 14.1. The lowest BCUT2D eigenvalue weighted by Crippen LogP contribution is -2.47. The number of imidazole rings is 1. The van der Waals surface area contributed by atoms with E-state index in [2.05, 4.69) is 4.98 Å². The molecule has 1 saturated heterocycles. The number of benzene rings is 2. The molecule has 1 amide bonds. The predicted molar refractivity (Wildman–Crippen MR) is 134 cm³/mol. The Labute approximate surface area is 218 Å². The van der Waals surface area contributed by atoms with Gasteiger partial charge >= 0.3 is 0 Å². The maximum atomic E-state index is 14.1. The van der Waals surface area contributed by atoms with Crippen LogP contribution in [-0.4, -0.2) is 33.6 Å². The van der Waals surface area contributed by atoms with E-state index in [4.69, 9.17) is 9.47 Å². The van der Waals surface area contributed by atoms with Crippen LogP contribution >= 0.6 is 0 Å². The van der Waals surface area contributed by atoms with Gasteiger partial charge < -0.3 is 14.0 Å². The Balaban J connectivity index is 1.39. The van der Waals surface area contributed by atoms with Gasteiger partial charge in [0.15, 0.2) is 23.2 Å². The maximum Gasteiger partial charge on any atom is 0.293 e. The highest BCUT2D eigenvalue weighted by Crippen LogP contribution is 2.47. The standard InChI is InChI=1S/C29H26F3N3O3/c1-16-14-34(15-33-16)23-9-6-17(10-25(23)37-2)11-26-29(36)35-22(19-12-20(30)27(32)21(31)13-19)4-3-5-24(35)28(38-26)18-7-8-18/h5-6,9-15,18,22,28H,3-4,7-8H2,1-2H3/b26-11-/t22-,28-/m0/s1. The van der Waals surface area contributed by atoms with Crippen molar-refractivity contribution in [1.82, 2.24) is 14.5 Å². The van der Waals surface area contributed by atoms with E-state index in [1.807, 2.05) is 42.0 Å². The number of fused-ring (bicyclic) bond motifs is 1. The van der Waals surface area contributed by atoms with E-state index in [0.717, 1.165) is 36.4 Å². The first-order valence-electron chi connectivity index (χ1n) is 12.6. The minimum absolute atomic E-state index is 0.141. The van der Waals surface area contributed by atoms with Gasteiger partial charge in [0.25, 0.3) is 5.91 Å². The average Bonchev–Trinajstić information content (AvgIpc) is 3.67. The summed E-state index contributed by atoms with van der Waals surface area (Å²) in [6.07, 6.45) is 9.88. The average molecular weight is 522 g/mol. The Bertz CT molecular complexity index is 1470. The van der Waals surface area contributed by atoms with Gasteiger partial charge in [-0.3, -0.25) is 9.69 Å². The molecule has 2 aliphatic heterocycles. The fraction of sp³-hybridized carbons (Fsp3) is 0.310. The number of hydrogen-bond donors (Lipinski definition) is 0. The fourth-order valence-corrected chi connectivity index (χ4v) is 5.29. The van der Waals surface area contributed by atoms with Gasteiger partial charge in [0.05, 0.1) is 36.6 Å². The van der Waals surface area contributed by atoms with E-state index < -0.39 is 29.4 Å². The zero-order valence-corrected chi connectivity index (χ0v) is 21.0. The predicted octanol–water partition coefficient (Wildman–Crippen LogP) is 6.00. The van der Waals surface area contributed by atoms with E-state index in [0.29, 0.717) is 29.9 Å². The van der Waals surface area contributed by atoms with Crippen LogP contribution in [0.4, 0.5) is 13.2 Å². The minimum Gasteiger partial charge on any atom is -0.495 e. The Hall–Kier alpha value is -4.01. The van der Waals surface area contributed by atoms with Gasteiger partial charge in [-0.05, 0) is 74.1 Å². The molecule has 9 heteroatoms. The molecule has 38 heavy (non-hydrogen) atoms. The molecule has 0 spiro atoms. The van der Waals surface area contributed by atoms with Crippen LogP contribution in [0.15, 0.2) is 60.4 Å². The number of allylic oxidation sites excluding steroid dienone is 1. The van der Waals surface area contributed by atoms with Gasteiger partial charge in [0.2, 0.25) is 0 Å². The summed E-state index contributed by atoms with van der Waals surface area (Å²) in [7, 11) is 1.57. The number of carbonyl (C=O) groups excluding carboxylic acids is 1. The van der Waals surface area contributed by atoms with Crippen molar-refractivity contribution in [2.45, 2.75) is 44.8 Å². The zero-order valence-electron chi connectivity index (χ0n) is 21.0. The molecule has 2 aromatic carbocycles. The van der Waals surface area contributed by atoms with Crippen LogP contribution in [0.25, 0.3) is 11.8 Å². The smallest absolute Gasteiger partial charge is 0.293 e. The highest BCUT2D eigenvalue weighted by atomic mass is 19.2. The molecule has 6 rings (SSSR count). The fourth-order valence-electron chi connectivity index (χ4n) is 5.29. The van der Waals surface area contributed by atoms with E-state index in [-0.39, 0.29) is 23.3 Å². The third-order valence-corrected chi connectivity index (χ3v) is 7.29. The second-order valence-electron chi connectivity index (χ2n) is 9.93. The Morgan fingerprint density at radius 2 is 1.87 bits per heavy atom. The summed E-state index contributed by atoms with van der Waals surface area (Å²) in [6, 6.07) is 6.85. The topological polar surface area (TPSA) is 56.6 Å². The Morgan fingerprint density at radius 1 is 1.11 bits per heavy atom. The van der Waals surface area contributed by atoms with Crippen molar-refractivity contribution in [3.63, 3.8) is 0 Å². The highest BCUT2D eigenvalue weighted by molar-refractivity contribution is 5.98. The van der Waals surface area contributed by atoms with Gasteiger partial charge in [-0.2, -0.15) is 0 Å². The lowest BCUT2D eigenvalue weighted by Gasteiger charge is -2.44. The SMILES string of the molecule is COc1cc(/C=C2\O[C@@H](C3CC3)C3=CCC[C@@H](c4cc(F)c(F)c(F)c4)N3C2=O)ccc1-n1cnc(C)c1. The summed E-state index contributed by atoms with van der Waals surface area (Å²) in [5.74, 6) is -3.49. The van der Waals surface area contributed by atoms with Crippen molar-refractivity contribution in [3.8, 4) is 11.4 Å². The van der Waals surface area contributed by atoms with Gasteiger partial charge in [-0.15, -0.1) is 0 Å². The molecule has 3 aliphatic rings. The first-order chi connectivity index (χ1) is 18.3. The number of methoxy groups -OCH3 is 1. The van der Waals surface area contributed by atoms with Gasteiger partial charge in [-0.1, -0.05) is 12.1 Å². The number of aromatic nitrogens is 2. The lowest BCUT2D eigenvalue weighted by molar-refractivity contribution is -0.138. The second kappa shape index (κ2) is 9.38. The lowest BCUT2D eigenvalue weighted by atomic mass is 9.91. The first-order valence-corrected chi connectivity index (χ1v) is 12.6. The molecule has 1 aliphatic carbocycles. The van der Waals surface area contributed by atoms with Crippen LogP contribution in [0.5, 0.6) is 5.75 Å². The number of hydrogen-bond acceptors (Lipinski definition) is 4. The molecule has 2 atom stereocenters. The molecule has 0 N–H and O–H groups in total. The number of aryl methyl sites for hydroxylation is 1. The molecule has 2 fully saturated rings. The summed E-state index contributed by atoms with van der Waals surface area (Å²) >= 11 is 0. The number of morpholine rings is 1. The van der Waals surface area contributed by atoms with Crippen LogP contribution in [0, 0.1) is 30.3 Å². The molecule has 6 nitrogen and oxygen atoms in total. The van der Waals surface area contributed by atoms with Crippen LogP contribution < -0.4 is 4.74 Å². The highest BCUT2D eigenvalue weighted by Gasteiger charge is 2.47. The summed E-state index contributed by atoms with van der Waals surface area (Å²) in [6.45, 7) is 1.90. The van der Waals surface area contributed by atoms with Crippen molar-refractivity contribution >= 4 is 12.0 Å². The number of amides is 1. The molecule has 196 valence electrons. The molecule has 0 bridgehead atoms. The number of nitrogens with zero attached hydrogens (tertiary/aromatic N) is 3. The van der Waals surface area contributed by atoms with Crippen molar-refractivity contribution in [2.24, 2.45) is 5.92 Å². The zero-order chi connectivity index (χ0) is 26.6. The molecule has 3 heterocycles. The third kappa shape index (κ3) is 4.25.